The number of pyridine rings is 1. The molecule has 0 aliphatic rings. The minimum absolute atomic E-state index is 0.0921. The zero-order valence-corrected chi connectivity index (χ0v) is 17.8. The second kappa shape index (κ2) is 10.6. The molecule has 1 amide bonds. The predicted octanol–water partition coefficient (Wildman–Crippen LogP) is 3.87. The van der Waals surface area contributed by atoms with Crippen LogP contribution < -0.4 is 5.56 Å². The first-order chi connectivity index (χ1) is 15.0. The molecule has 0 saturated heterocycles. The monoisotopic (exact) mass is 420 g/mol. The summed E-state index contributed by atoms with van der Waals surface area (Å²) in [5, 5.41) is 10.1. The highest BCUT2D eigenvalue weighted by molar-refractivity contribution is 6.06. The van der Waals surface area contributed by atoms with E-state index in [1.165, 1.54) is 10.1 Å². The summed E-state index contributed by atoms with van der Waals surface area (Å²) in [6, 6.07) is 17.3. The van der Waals surface area contributed by atoms with E-state index in [9.17, 15) is 14.4 Å². The maximum absolute atomic E-state index is 13.5. The van der Waals surface area contributed by atoms with E-state index in [2.05, 4.69) is 12.1 Å². The van der Waals surface area contributed by atoms with Crippen molar-refractivity contribution in [3.8, 4) is 0 Å². The lowest BCUT2D eigenvalue weighted by Gasteiger charge is -2.24. The van der Waals surface area contributed by atoms with Gasteiger partial charge in [0.15, 0.2) is 0 Å². The number of hydrogen-bond acceptors (Lipinski definition) is 3. The molecule has 3 aromatic rings. The fourth-order valence-electron chi connectivity index (χ4n) is 3.77. The number of aromatic nitrogens is 1. The zero-order valence-electron chi connectivity index (χ0n) is 17.8. The second-order valence-corrected chi connectivity index (χ2v) is 7.74. The first kappa shape index (κ1) is 22.3. The molecule has 0 spiro atoms. The van der Waals surface area contributed by atoms with Crippen molar-refractivity contribution >= 4 is 22.6 Å². The maximum Gasteiger partial charge on any atom is 0.303 e. The summed E-state index contributed by atoms with van der Waals surface area (Å²) in [6.45, 7) is 1.05. The van der Waals surface area contributed by atoms with E-state index < -0.39 is 5.97 Å². The molecule has 0 unspecified atom stereocenters. The first-order valence-corrected chi connectivity index (χ1v) is 10.6. The smallest absolute Gasteiger partial charge is 0.303 e. The van der Waals surface area contributed by atoms with Gasteiger partial charge < -0.3 is 14.6 Å². The van der Waals surface area contributed by atoms with Crippen LogP contribution in [0.15, 0.2) is 65.6 Å². The average Bonchev–Trinajstić information content (AvgIpc) is 2.78. The molecule has 31 heavy (non-hydrogen) atoms. The summed E-state index contributed by atoms with van der Waals surface area (Å²) < 4.78 is 1.45. The second-order valence-electron chi connectivity index (χ2n) is 7.74. The fourth-order valence-corrected chi connectivity index (χ4v) is 3.77. The van der Waals surface area contributed by atoms with Gasteiger partial charge in [0.25, 0.3) is 11.5 Å². The van der Waals surface area contributed by atoms with E-state index in [4.69, 9.17) is 5.11 Å². The number of amides is 1. The van der Waals surface area contributed by atoms with Crippen LogP contribution in [0.25, 0.3) is 10.8 Å². The van der Waals surface area contributed by atoms with Crippen molar-refractivity contribution in [1.29, 1.82) is 0 Å². The van der Waals surface area contributed by atoms with Crippen LogP contribution >= 0.6 is 0 Å². The van der Waals surface area contributed by atoms with Gasteiger partial charge in [-0.1, -0.05) is 48.5 Å². The molecule has 0 bridgehead atoms. The standard InChI is InChI=1S/C25H28N2O4/c1-26-18-22(20-13-5-6-14-21(20)24(26)30)25(31)27(16-8-7-15-23(28)29)17-9-12-19-10-3-2-4-11-19/h2-6,10-11,13-14,18H,7-9,12,15-17H2,1H3,(H,28,29). The molecule has 0 atom stereocenters. The minimum Gasteiger partial charge on any atom is -0.481 e. The van der Waals surface area contributed by atoms with E-state index in [-0.39, 0.29) is 17.9 Å². The Morgan fingerprint density at radius 1 is 0.903 bits per heavy atom. The highest BCUT2D eigenvalue weighted by Gasteiger charge is 2.20. The van der Waals surface area contributed by atoms with Crippen LogP contribution in [0.3, 0.4) is 0 Å². The summed E-state index contributed by atoms with van der Waals surface area (Å²) in [4.78, 5) is 38.6. The molecule has 1 N–H and O–H groups in total. The highest BCUT2D eigenvalue weighted by Crippen LogP contribution is 2.18. The number of hydrogen-bond donors (Lipinski definition) is 1. The van der Waals surface area contributed by atoms with Gasteiger partial charge in [0.1, 0.15) is 0 Å². The van der Waals surface area contributed by atoms with Gasteiger partial charge in [0.2, 0.25) is 0 Å². The number of fused-ring (bicyclic) bond motifs is 1. The van der Waals surface area contributed by atoms with Crippen molar-refractivity contribution in [2.75, 3.05) is 13.1 Å². The van der Waals surface area contributed by atoms with Crippen LogP contribution in [0, 0.1) is 0 Å². The molecular formula is C25H28N2O4. The van der Waals surface area contributed by atoms with Crippen molar-refractivity contribution in [2.45, 2.75) is 32.1 Å². The van der Waals surface area contributed by atoms with Crippen LogP contribution in [-0.2, 0) is 18.3 Å². The van der Waals surface area contributed by atoms with E-state index in [1.807, 2.05) is 24.3 Å². The number of carbonyl (C=O) groups is 2. The summed E-state index contributed by atoms with van der Waals surface area (Å²) in [6.07, 6.45) is 4.49. The number of unbranched alkanes of at least 4 members (excludes halogenated alkanes) is 1. The lowest BCUT2D eigenvalue weighted by Crippen LogP contribution is -2.34. The Morgan fingerprint density at radius 2 is 1.55 bits per heavy atom. The van der Waals surface area contributed by atoms with Crippen molar-refractivity contribution in [3.05, 3.63) is 82.3 Å². The Hall–Kier alpha value is -3.41. The van der Waals surface area contributed by atoms with E-state index in [0.29, 0.717) is 42.3 Å². The van der Waals surface area contributed by atoms with E-state index >= 15 is 0 Å². The average molecular weight is 421 g/mol. The van der Waals surface area contributed by atoms with Crippen LogP contribution in [0.2, 0.25) is 0 Å². The molecule has 1 aromatic heterocycles. The van der Waals surface area contributed by atoms with Crippen molar-refractivity contribution in [2.24, 2.45) is 7.05 Å². The Labute approximate surface area is 181 Å². The SMILES string of the molecule is Cn1cc(C(=O)N(CCCCC(=O)O)CCCc2ccccc2)c2ccccc2c1=O. The molecule has 0 aliphatic heterocycles. The van der Waals surface area contributed by atoms with Crippen molar-refractivity contribution in [1.82, 2.24) is 9.47 Å². The Kier molecular flexibility index (Phi) is 7.60. The van der Waals surface area contributed by atoms with Gasteiger partial charge in [0, 0.05) is 43.5 Å². The van der Waals surface area contributed by atoms with Crippen LogP contribution in [0.5, 0.6) is 0 Å². The third-order valence-corrected chi connectivity index (χ3v) is 5.41. The largest absolute Gasteiger partial charge is 0.481 e. The molecule has 3 rings (SSSR count). The number of nitrogens with zero attached hydrogens (tertiary/aromatic N) is 2. The lowest BCUT2D eigenvalue weighted by atomic mass is 10.1. The molecule has 6 heteroatoms. The molecular weight excluding hydrogens is 392 g/mol. The molecule has 6 nitrogen and oxygen atoms in total. The molecule has 0 radical (unpaired) electrons. The predicted molar refractivity (Wildman–Crippen MR) is 121 cm³/mol. The topological polar surface area (TPSA) is 79.6 Å². The Morgan fingerprint density at radius 3 is 2.26 bits per heavy atom. The zero-order chi connectivity index (χ0) is 22.2. The number of carboxylic acids is 1. The number of aryl methyl sites for hydroxylation is 2. The van der Waals surface area contributed by atoms with Crippen molar-refractivity contribution in [3.63, 3.8) is 0 Å². The van der Waals surface area contributed by atoms with E-state index in [1.54, 1.807) is 36.3 Å². The van der Waals surface area contributed by atoms with Crippen LogP contribution in [0.4, 0.5) is 0 Å². The van der Waals surface area contributed by atoms with Gasteiger partial charge in [-0.05, 0) is 37.3 Å². The molecule has 0 fully saturated rings. The quantitative estimate of drug-likeness (QED) is 0.505. The third kappa shape index (κ3) is 5.81. The van der Waals surface area contributed by atoms with Gasteiger partial charge in [-0.3, -0.25) is 14.4 Å². The number of benzene rings is 2. The minimum atomic E-state index is -0.828. The number of carbonyl (C=O) groups excluding carboxylic acids is 1. The maximum atomic E-state index is 13.5. The summed E-state index contributed by atoms with van der Waals surface area (Å²) in [5.41, 5.74) is 1.58. The molecule has 0 aliphatic carbocycles. The van der Waals surface area contributed by atoms with Crippen molar-refractivity contribution < 1.29 is 14.7 Å². The summed E-state index contributed by atoms with van der Waals surface area (Å²) in [7, 11) is 1.65. The molecule has 1 heterocycles. The van der Waals surface area contributed by atoms with Crippen LogP contribution in [0.1, 0.15) is 41.6 Å². The molecule has 0 saturated carbocycles. The number of carboxylic acid groups (broad SMARTS) is 1. The lowest BCUT2D eigenvalue weighted by molar-refractivity contribution is -0.137. The van der Waals surface area contributed by atoms with Crippen LogP contribution in [-0.4, -0.2) is 39.5 Å². The number of rotatable bonds is 10. The normalized spacial score (nSPS) is 10.9. The summed E-state index contributed by atoms with van der Waals surface area (Å²) >= 11 is 0. The van der Waals surface area contributed by atoms with Gasteiger partial charge >= 0.3 is 5.97 Å². The first-order valence-electron chi connectivity index (χ1n) is 10.6. The molecule has 2 aromatic carbocycles. The van der Waals surface area contributed by atoms with Gasteiger partial charge in [-0.2, -0.15) is 0 Å². The van der Waals surface area contributed by atoms with Gasteiger partial charge in [-0.25, -0.2) is 0 Å². The van der Waals surface area contributed by atoms with E-state index in [0.717, 1.165) is 12.8 Å². The molecule has 162 valence electrons. The highest BCUT2D eigenvalue weighted by atomic mass is 16.4. The number of aliphatic carboxylic acids is 1. The Balaban J connectivity index is 1.81. The van der Waals surface area contributed by atoms with Gasteiger partial charge in [0.05, 0.1) is 5.56 Å². The van der Waals surface area contributed by atoms with Gasteiger partial charge in [-0.15, -0.1) is 0 Å². The summed E-state index contributed by atoms with van der Waals surface area (Å²) in [5.74, 6) is -0.957. The Bertz CT molecular complexity index is 1110. The fraction of sp³-hybridized carbons (Fsp3) is 0.320. The third-order valence-electron chi connectivity index (χ3n) is 5.41.